The van der Waals surface area contributed by atoms with Crippen LogP contribution in [0.25, 0.3) is 0 Å². The van der Waals surface area contributed by atoms with E-state index in [1.54, 1.807) is 26.0 Å². The molecule has 0 aliphatic carbocycles. The van der Waals surface area contributed by atoms with Gasteiger partial charge in [0.05, 0.1) is 12.2 Å². The molecule has 1 atom stereocenters. The van der Waals surface area contributed by atoms with E-state index in [1.165, 1.54) is 4.90 Å². The molecule has 0 spiro atoms. The summed E-state index contributed by atoms with van der Waals surface area (Å²) < 4.78 is 11.2. The van der Waals surface area contributed by atoms with Crippen LogP contribution in [0.3, 0.4) is 0 Å². The van der Waals surface area contributed by atoms with Gasteiger partial charge in [-0.2, -0.15) is 0 Å². The van der Waals surface area contributed by atoms with Crippen molar-refractivity contribution in [1.29, 1.82) is 0 Å². The molecule has 1 aliphatic rings. The molecule has 0 bridgehead atoms. The number of carbonyl (C=O) groups excluding carboxylic acids is 3. The van der Waals surface area contributed by atoms with E-state index in [-0.39, 0.29) is 31.4 Å². The minimum Gasteiger partial charge on any atom is -0.489 e. The molecule has 7 nitrogen and oxygen atoms in total. The van der Waals surface area contributed by atoms with Crippen molar-refractivity contribution in [3.63, 3.8) is 0 Å². The topological polar surface area (TPSA) is 84.9 Å². The van der Waals surface area contributed by atoms with Crippen molar-refractivity contribution in [2.24, 2.45) is 0 Å². The van der Waals surface area contributed by atoms with Crippen molar-refractivity contribution in [2.75, 3.05) is 19.7 Å². The Balaban J connectivity index is 1.45. The van der Waals surface area contributed by atoms with Crippen LogP contribution in [0.5, 0.6) is 5.75 Å². The van der Waals surface area contributed by atoms with Crippen LogP contribution in [0.15, 0.2) is 84.1 Å². The molecule has 41 heavy (non-hydrogen) atoms. The lowest BCUT2D eigenvalue weighted by Gasteiger charge is -2.34. The third kappa shape index (κ3) is 7.90. The molecule has 1 aliphatic heterocycles. The number of carbonyl (C=O) groups is 3. The van der Waals surface area contributed by atoms with E-state index >= 15 is 0 Å². The number of halogens is 2. The predicted molar refractivity (Wildman–Crippen MR) is 159 cm³/mol. The van der Waals surface area contributed by atoms with Crippen molar-refractivity contribution < 1.29 is 23.9 Å². The zero-order chi connectivity index (χ0) is 29.4. The van der Waals surface area contributed by atoms with Crippen LogP contribution >= 0.6 is 23.2 Å². The van der Waals surface area contributed by atoms with Crippen LogP contribution in [-0.4, -0.2) is 42.4 Å². The third-order valence-corrected chi connectivity index (χ3v) is 7.47. The normalized spacial score (nSPS) is 15.1. The molecule has 1 unspecified atom stereocenters. The van der Waals surface area contributed by atoms with Crippen LogP contribution in [-0.2, 0) is 32.1 Å². The van der Waals surface area contributed by atoms with Crippen LogP contribution in [0.2, 0.25) is 10.0 Å². The highest BCUT2D eigenvalue weighted by molar-refractivity contribution is 6.35. The van der Waals surface area contributed by atoms with Gasteiger partial charge in [0.15, 0.2) is 0 Å². The number of amides is 2. The molecule has 0 saturated carbocycles. The molecule has 3 aromatic rings. The molecule has 1 N–H and O–H groups in total. The van der Waals surface area contributed by atoms with Gasteiger partial charge in [0.25, 0.3) is 0 Å². The van der Waals surface area contributed by atoms with Crippen LogP contribution in [0.4, 0.5) is 0 Å². The Morgan fingerprint density at radius 2 is 1.76 bits per heavy atom. The van der Waals surface area contributed by atoms with Crippen molar-refractivity contribution in [2.45, 2.75) is 39.2 Å². The summed E-state index contributed by atoms with van der Waals surface area (Å²) >= 11 is 12.2. The smallest absolute Gasteiger partial charge is 0.336 e. The monoisotopic (exact) mass is 594 g/mol. The molecule has 0 saturated heterocycles. The maximum atomic E-state index is 13.3. The molecule has 2 amide bonds. The van der Waals surface area contributed by atoms with Gasteiger partial charge >= 0.3 is 5.97 Å². The summed E-state index contributed by atoms with van der Waals surface area (Å²) in [5.74, 6) is -0.924. The standard InChI is InChI=1S/C32H32Cl2N2O5/c1-3-40-32(39)31-21(2)36(19-29(37)35-16-15-24-9-12-25(33)17-28(24)34)30(38)18-27(31)23-10-13-26(14-11-23)41-20-22-7-5-4-6-8-22/h4-14,17,27H,3,15-16,18-20H2,1-2H3,(H,35,37). The highest BCUT2D eigenvalue weighted by atomic mass is 35.5. The Hall–Kier alpha value is -3.81. The first-order valence-electron chi connectivity index (χ1n) is 13.4. The zero-order valence-electron chi connectivity index (χ0n) is 23.0. The van der Waals surface area contributed by atoms with Crippen molar-refractivity contribution in [3.05, 3.63) is 111 Å². The summed E-state index contributed by atoms with van der Waals surface area (Å²) in [4.78, 5) is 40.5. The number of ether oxygens (including phenoxy) is 2. The van der Waals surface area contributed by atoms with E-state index in [0.717, 1.165) is 16.7 Å². The van der Waals surface area contributed by atoms with Gasteiger partial charge in [-0.05, 0) is 61.2 Å². The Labute approximate surface area is 250 Å². The minimum atomic E-state index is -0.505. The first-order chi connectivity index (χ1) is 19.8. The summed E-state index contributed by atoms with van der Waals surface area (Å²) in [6.45, 7) is 4.15. The van der Waals surface area contributed by atoms with Gasteiger partial charge in [-0.15, -0.1) is 0 Å². The van der Waals surface area contributed by atoms with Crippen molar-refractivity contribution in [3.8, 4) is 5.75 Å². The molecule has 0 radical (unpaired) electrons. The van der Waals surface area contributed by atoms with Gasteiger partial charge < -0.3 is 19.7 Å². The fourth-order valence-corrected chi connectivity index (χ4v) is 5.26. The van der Waals surface area contributed by atoms with Gasteiger partial charge in [0.2, 0.25) is 11.8 Å². The number of allylic oxidation sites excluding steroid dienone is 1. The third-order valence-electron chi connectivity index (χ3n) is 6.88. The van der Waals surface area contributed by atoms with E-state index in [2.05, 4.69) is 5.32 Å². The Bertz CT molecular complexity index is 1420. The average Bonchev–Trinajstić information content (AvgIpc) is 2.96. The lowest BCUT2D eigenvalue weighted by Crippen LogP contribution is -2.44. The minimum absolute atomic E-state index is 0.0311. The van der Waals surface area contributed by atoms with Gasteiger partial charge in [-0.1, -0.05) is 71.7 Å². The van der Waals surface area contributed by atoms with E-state index in [0.29, 0.717) is 46.6 Å². The summed E-state index contributed by atoms with van der Waals surface area (Å²) in [5.41, 5.74) is 3.47. The molecular weight excluding hydrogens is 563 g/mol. The van der Waals surface area contributed by atoms with E-state index in [9.17, 15) is 14.4 Å². The molecular formula is C32H32Cl2N2O5. The quantitative estimate of drug-likeness (QED) is 0.272. The molecule has 9 heteroatoms. The Morgan fingerprint density at radius 3 is 2.44 bits per heavy atom. The van der Waals surface area contributed by atoms with E-state index in [1.807, 2.05) is 60.7 Å². The van der Waals surface area contributed by atoms with Gasteiger partial charge in [-0.3, -0.25) is 9.59 Å². The number of nitrogens with zero attached hydrogens (tertiary/aromatic N) is 1. The SMILES string of the molecule is CCOC(=O)C1=C(C)N(CC(=O)NCCc2ccc(Cl)cc2Cl)C(=O)CC1c1ccc(OCc2ccccc2)cc1. The number of hydrogen-bond donors (Lipinski definition) is 1. The fourth-order valence-electron chi connectivity index (χ4n) is 4.76. The highest BCUT2D eigenvalue weighted by Gasteiger charge is 2.37. The molecule has 0 fully saturated rings. The number of nitrogens with one attached hydrogen (secondary N) is 1. The summed E-state index contributed by atoms with van der Waals surface area (Å²) in [5, 5.41) is 3.89. The van der Waals surface area contributed by atoms with Crippen molar-refractivity contribution in [1.82, 2.24) is 10.2 Å². The molecule has 3 aromatic carbocycles. The van der Waals surface area contributed by atoms with Crippen LogP contribution < -0.4 is 10.1 Å². The summed E-state index contributed by atoms with van der Waals surface area (Å²) in [6, 6.07) is 22.4. The van der Waals surface area contributed by atoms with Gasteiger partial charge in [-0.25, -0.2) is 4.79 Å². The lowest BCUT2D eigenvalue weighted by atomic mass is 9.83. The maximum Gasteiger partial charge on any atom is 0.336 e. The Kier molecular flexibility index (Phi) is 10.4. The molecule has 1 heterocycles. The maximum absolute atomic E-state index is 13.3. The number of benzene rings is 3. The van der Waals surface area contributed by atoms with Crippen LogP contribution in [0.1, 0.15) is 42.9 Å². The highest BCUT2D eigenvalue weighted by Crippen LogP contribution is 2.37. The second-order valence-electron chi connectivity index (χ2n) is 9.64. The molecule has 4 rings (SSSR count). The van der Waals surface area contributed by atoms with Gasteiger partial charge in [0, 0.05) is 34.6 Å². The lowest BCUT2D eigenvalue weighted by molar-refractivity contribution is -0.141. The fraction of sp³-hybridized carbons (Fsp3) is 0.281. The molecule has 214 valence electrons. The van der Waals surface area contributed by atoms with Gasteiger partial charge in [0.1, 0.15) is 18.9 Å². The number of rotatable bonds is 11. The summed E-state index contributed by atoms with van der Waals surface area (Å²) in [6.07, 6.45) is 0.537. The second-order valence-corrected chi connectivity index (χ2v) is 10.5. The number of esters is 1. The summed E-state index contributed by atoms with van der Waals surface area (Å²) in [7, 11) is 0. The average molecular weight is 596 g/mol. The zero-order valence-corrected chi connectivity index (χ0v) is 24.5. The Morgan fingerprint density at radius 1 is 1.02 bits per heavy atom. The van der Waals surface area contributed by atoms with E-state index < -0.39 is 11.9 Å². The molecule has 0 aromatic heterocycles. The first-order valence-corrected chi connectivity index (χ1v) is 14.2. The second kappa shape index (κ2) is 14.2. The van der Waals surface area contributed by atoms with Crippen LogP contribution in [0, 0.1) is 0 Å². The number of hydrogen-bond acceptors (Lipinski definition) is 5. The van der Waals surface area contributed by atoms with E-state index in [4.69, 9.17) is 32.7 Å². The first kappa shape index (κ1) is 30.2. The predicted octanol–water partition coefficient (Wildman–Crippen LogP) is 6.08. The van der Waals surface area contributed by atoms with Crippen molar-refractivity contribution >= 4 is 41.0 Å². The largest absolute Gasteiger partial charge is 0.489 e.